The molecule has 0 aromatic heterocycles. The summed E-state index contributed by atoms with van der Waals surface area (Å²) >= 11 is 0. The monoisotopic (exact) mass is 499 g/mol. The van der Waals surface area contributed by atoms with Crippen LogP contribution in [0.1, 0.15) is 11.1 Å². The molecule has 0 bridgehead atoms. The molecule has 2 rings (SSSR count). The molecule has 0 amide bonds. The predicted octanol–water partition coefficient (Wildman–Crippen LogP) is 3.42. The first-order valence-corrected chi connectivity index (χ1v) is 9.01. The van der Waals surface area contributed by atoms with Crippen LogP contribution in [0, 0.1) is 6.92 Å². The summed E-state index contributed by atoms with van der Waals surface area (Å²) in [6.07, 6.45) is 0.848. The third-order valence-corrected chi connectivity index (χ3v) is 4.12. The molecule has 6 nitrogen and oxygen atoms in total. The average molecular weight is 499 g/mol. The Hall–Kier alpha value is -2.16. The second kappa shape index (κ2) is 13.1. The normalized spacial score (nSPS) is 10.6. The van der Waals surface area contributed by atoms with Crippen LogP contribution in [0.2, 0.25) is 0 Å². The van der Waals surface area contributed by atoms with Gasteiger partial charge in [0.2, 0.25) is 0 Å². The molecule has 154 valence electrons. The molecular weight excluding hydrogens is 469 g/mol. The van der Waals surface area contributed by atoms with Crippen molar-refractivity contribution >= 4 is 29.9 Å². The number of ether oxygens (including phenoxy) is 3. The van der Waals surface area contributed by atoms with Gasteiger partial charge >= 0.3 is 0 Å². The lowest BCUT2D eigenvalue weighted by atomic mass is 10.1. The Morgan fingerprint density at radius 2 is 1.64 bits per heavy atom. The molecule has 0 aliphatic carbocycles. The van der Waals surface area contributed by atoms with Crippen molar-refractivity contribution in [2.45, 2.75) is 13.3 Å². The van der Waals surface area contributed by atoms with Crippen molar-refractivity contribution < 1.29 is 14.2 Å². The maximum absolute atomic E-state index is 5.78. The van der Waals surface area contributed by atoms with Crippen LogP contribution in [0.3, 0.4) is 0 Å². The number of guanidine groups is 1. The van der Waals surface area contributed by atoms with E-state index in [0.29, 0.717) is 13.2 Å². The fourth-order valence-electron chi connectivity index (χ4n) is 2.63. The van der Waals surface area contributed by atoms with Crippen molar-refractivity contribution in [3.8, 4) is 17.2 Å². The molecular formula is C21H30IN3O3. The van der Waals surface area contributed by atoms with E-state index in [1.54, 1.807) is 21.3 Å². The van der Waals surface area contributed by atoms with Crippen molar-refractivity contribution in [1.82, 2.24) is 10.6 Å². The lowest BCUT2D eigenvalue weighted by molar-refractivity contribution is 0.320. The van der Waals surface area contributed by atoms with Crippen molar-refractivity contribution in [2.75, 3.05) is 41.0 Å². The first-order valence-electron chi connectivity index (χ1n) is 9.01. The maximum atomic E-state index is 5.78. The van der Waals surface area contributed by atoms with Gasteiger partial charge in [0.1, 0.15) is 12.4 Å². The fourth-order valence-corrected chi connectivity index (χ4v) is 2.63. The first-order chi connectivity index (χ1) is 13.2. The fraction of sp³-hybridized carbons (Fsp3) is 0.381. The van der Waals surface area contributed by atoms with Gasteiger partial charge in [-0.2, -0.15) is 0 Å². The SMILES string of the molecule is CN=C(NCCOc1ccccc1C)NCCc1ccc(OC)c(OC)c1.I. The van der Waals surface area contributed by atoms with Crippen molar-refractivity contribution in [3.05, 3.63) is 53.6 Å². The Morgan fingerprint density at radius 3 is 2.32 bits per heavy atom. The summed E-state index contributed by atoms with van der Waals surface area (Å²) in [6, 6.07) is 13.9. The van der Waals surface area contributed by atoms with Gasteiger partial charge in [0.15, 0.2) is 17.5 Å². The molecule has 0 spiro atoms. The molecule has 2 aromatic carbocycles. The number of aliphatic imine (C=N–C) groups is 1. The van der Waals surface area contributed by atoms with E-state index in [9.17, 15) is 0 Å². The number of halogens is 1. The van der Waals surface area contributed by atoms with E-state index in [1.807, 2.05) is 49.4 Å². The predicted molar refractivity (Wildman–Crippen MR) is 125 cm³/mol. The third-order valence-electron chi connectivity index (χ3n) is 4.12. The van der Waals surface area contributed by atoms with E-state index < -0.39 is 0 Å². The van der Waals surface area contributed by atoms with Crippen molar-refractivity contribution in [1.29, 1.82) is 0 Å². The number of rotatable bonds is 9. The highest BCUT2D eigenvalue weighted by Gasteiger charge is 2.05. The van der Waals surface area contributed by atoms with Gasteiger partial charge in [0.25, 0.3) is 0 Å². The van der Waals surface area contributed by atoms with Gasteiger partial charge < -0.3 is 24.8 Å². The van der Waals surface area contributed by atoms with Crippen molar-refractivity contribution in [3.63, 3.8) is 0 Å². The quantitative estimate of drug-likeness (QED) is 0.240. The van der Waals surface area contributed by atoms with E-state index in [1.165, 1.54) is 5.56 Å². The molecule has 0 saturated heterocycles. The molecule has 0 atom stereocenters. The van der Waals surface area contributed by atoms with E-state index in [0.717, 1.165) is 41.7 Å². The second-order valence-electron chi connectivity index (χ2n) is 5.98. The summed E-state index contributed by atoms with van der Waals surface area (Å²) < 4.78 is 16.4. The topological polar surface area (TPSA) is 64.1 Å². The minimum atomic E-state index is 0. The number of methoxy groups -OCH3 is 2. The number of nitrogens with one attached hydrogen (secondary N) is 2. The number of para-hydroxylation sites is 1. The zero-order valence-electron chi connectivity index (χ0n) is 17.0. The molecule has 0 aliphatic rings. The number of hydrogen-bond acceptors (Lipinski definition) is 4. The Labute approximate surface area is 184 Å². The molecule has 28 heavy (non-hydrogen) atoms. The highest BCUT2D eigenvalue weighted by atomic mass is 127. The Bertz CT molecular complexity index is 753. The highest BCUT2D eigenvalue weighted by Crippen LogP contribution is 2.27. The van der Waals surface area contributed by atoms with Gasteiger partial charge in [-0.25, -0.2) is 0 Å². The summed E-state index contributed by atoms with van der Waals surface area (Å²) in [7, 11) is 5.04. The number of benzene rings is 2. The summed E-state index contributed by atoms with van der Waals surface area (Å²) in [5, 5.41) is 6.56. The summed E-state index contributed by atoms with van der Waals surface area (Å²) in [5.41, 5.74) is 2.30. The number of nitrogens with zero attached hydrogens (tertiary/aromatic N) is 1. The molecule has 0 aliphatic heterocycles. The summed E-state index contributed by atoms with van der Waals surface area (Å²) in [6.45, 7) is 4.04. The van der Waals surface area contributed by atoms with Crippen LogP contribution in [0.25, 0.3) is 0 Å². The summed E-state index contributed by atoms with van der Waals surface area (Å²) in [4.78, 5) is 4.24. The van der Waals surface area contributed by atoms with Gasteiger partial charge in [-0.3, -0.25) is 4.99 Å². The van der Waals surface area contributed by atoms with Crippen LogP contribution in [0.15, 0.2) is 47.5 Å². The molecule has 7 heteroatoms. The van der Waals surface area contributed by atoms with Crippen LogP contribution >= 0.6 is 24.0 Å². The van der Waals surface area contributed by atoms with Gasteiger partial charge in [0, 0.05) is 13.6 Å². The van der Waals surface area contributed by atoms with Crippen LogP contribution in [0.5, 0.6) is 17.2 Å². The van der Waals surface area contributed by atoms with Gasteiger partial charge in [0.05, 0.1) is 20.8 Å². The van der Waals surface area contributed by atoms with Crippen molar-refractivity contribution in [2.24, 2.45) is 4.99 Å². The van der Waals surface area contributed by atoms with Gasteiger partial charge in [-0.15, -0.1) is 24.0 Å². The molecule has 0 unspecified atom stereocenters. The largest absolute Gasteiger partial charge is 0.493 e. The first kappa shape index (κ1) is 23.9. The molecule has 2 N–H and O–H groups in total. The number of hydrogen-bond donors (Lipinski definition) is 2. The van der Waals surface area contributed by atoms with Crippen LogP contribution in [0.4, 0.5) is 0 Å². The average Bonchev–Trinajstić information content (AvgIpc) is 2.70. The Kier molecular flexibility index (Phi) is 11.2. The highest BCUT2D eigenvalue weighted by molar-refractivity contribution is 14.0. The number of aryl methyl sites for hydroxylation is 1. The third kappa shape index (κ3) is 7.46. The van der Waals surface area contributed by atoms with Crippen LogP contribution < -0.4 is 24.8 Å². The van der Waals surface area contributed by atoms with E-state index in [-0.39, 0.29) is 24.0 Å². The van der Waals surface area contributed by atoms with Gasteiger partial charge in [-0.05, 0) is 42.7 Å². The Balaban J connectivity index is 0.00000392. The van der Waals surface area contributed by atoms with Crippen LogP contribution in [-0.2, 0) is 6.42 Å². The zero-order valence-corrected chi connectivity index (χ0v) is 19.3. The molecule has 0 radical (unpaired) electrons. The van der Waals surface area contributed by atoms with Gasteiger partial charge in [-0.1, -0.05) is 24.3 Å². The lowest BCUT2D eigenvalue weighted by Gasteiger charge is -2.14. The smallest absolute Gasteiger partial charge is 0.191 e. The minimum Gasteiger partial charge on any atom is -0.493 e. The molecule has 0 saturated carbocycles. The minimum absolute atomic E-state index is 0. The van der Waals surface area contributed by atoms with E-state index >= 15 is 0 Å². The summed E-state index contributed by atoms with van der Waals surface area (Å²) in [5.74, 6) is 3.14. The second-order valence-corrected chi connectivity index (χ2v) is 5.98. The maximum Gasteiger partial charge on any atom is 0.191 e. The molecule has 0 fully saturated rings. The van der Waals surface area contributed by atoms with Crippen LogP contribution in [-0.4, -0.2) is 46.9 Å². The van der Waals surface area contributed by atoms with E-state index in [4.69, 9.17) is 14.2 Å². The molecule has 2 aromatic rings. The standard InChI is InChI=1S/C21H29N3O3.HI/c1-16-7-5-6-8-18(16)27-14-13-24-21(22-2)23-12-11-17-9-10-19(25-3)20(15-17)26-4;/h5-10,15H,11-14H2,1-4H3,(H2,22,23,24);1H. The van der Waals surface area contributed by atoms with E-state index in [2.05, 4.69) is 15.6 Å². The molecule has 0 heterocycles. The Morgan fingerprint density at radius 1 is 0.929 bits per heavy atom. The lowest BCUT2D eigenvalue weighted by Crippen LogP contribution is -2.40. The zero-order chi connectivity index (χ0) is 19.5.